The Hall–Kier alpha value is -2.02. The fraction of sp³-hybridized carbons (Fsp3) is 0.357. The van der Waals surface area contributed by atoms with Gasteiger partial charge in [-0.3, -0.25) is 8.99 Å². The normalized spacial score (nSPS) is 14.7. The van der Waals surface area contributed by atoms with Crippen LogP contribution in [0, 0.1) is 13.8 Å². The summed E-state index contributed by atoms with van der Waals surface area (Å²) in [5, 5.41) is 4.12. The van der Waals surface area contributed by atoms with Gasteiger partial charge in [-0.1, -0.05) is 6.07 Å². The SMILES string of the molecule is Cc1ccc2c(c1)OCCN2S(=O)(=O)c1cn(C)nc1C. The third kappa shape index (κ3) is 2.27. The van der Waals surface area contributed by atoms with E-state index in [9.17, 15) is 8.42 Å². The summed E-state index contributed by atoms with van der Waals surface area (Å²) >= 11 is 0. The van der Waals surface area contributed by atoms with Crippen LogP contribution in [0.2, 0.25) is 0 Å². The van der Waals surface area contributed by atoms with Crippen LogP contribution in [0.4, 0.5) is 5.69 Å². The van der Waals surface area contributed by atoms with Crippen molar-refractivity contribution >= 4 is 15.7 Å². The Morgan fingerprint density at radius 2 is 2.05 bits per heavy atom. The molecule has 21 heavy (non-hydrogen) atoms. The summed E-state index contributed by atoms with van der Waals surface area (Å²) in [6.45, 7) is 4.29. The highest BCUT2D eigenvalue weighted by Crippen LogP contribution is 2.36. The second kappa shape index (κ2) is 4.77. The molecule has 0 atom stereocenters. The second-order valence-electron chi connectivity index (χ2n) is 5.15. The highest BCUT2D eigenvalue weighted by molar-refractivity contribution is 7.92. The van der Waals surface area contributed by atoms with Crippen LogP contribution in [0.25, 0.3) is 0 Å². The van der Waals surface area contributed by atoms with Crippen molar-refractivity contribution in [2.24, 2.45) is 7.05 Å². The van der Waals surface area contributed by atoms with Gasteiger partial charge in [0.1, 0.15) is 17.3 Å². The van der Waals surface area contributed by atoms with E-state index in [0.717, 1.165) is 5.56 Å². The van der Waals surface area contributed by atoms with Crippen LogP contribution < -0.4 is 9.04 Å². The number of aromatic nitrogens is 2. The van der Waals surface area contributed by atoms with Crippen molar-refractivity contribution in [1.29, 1.82) is 0 Å². The van der Waals surface area contributed by atoms with Gasteiger partial charge in [0, 0.05) is 13.2 Å². The molecule has 0 spiro atoms. The maximum Gasteiger partial charge on any atom is 0.267 e. The van der Waals surface area contributed by atoms with Gasteiger partial charge in [0.25, 0.3) is 10.0 Å². The first-order valence-electron chi connectivity index (χ1n) is 6.66. The van der Waals surface area contributed by atoms with Gasteiger partial charge in [-0.25, -0.2) is 8.42 Å². The van der Waals surface area contributed by atoms with E-state index < -0.39 is 10.0 Å². The number of ether oxygens (including phenoxy) is 1. The number of sulfonamides is 1. The molecule has 112 valence electrons. The number of hydrogen-bond donors (Lipinski definition) is 0. The zero-order valence-electron chi connectivity index (χ0n) is 12.2. The van der Waals surface area contributed by atoms with Gasteiger partial charge in [-0.2, -0.15) is 5.10 Å². The molecule has 0 fully saturated rings. The molecule has 0 aliphatic carbocycles. The van der Waals surface area contributed by atoms with E-state index in [-0.39, 0.29) is 4.90 Å². The largest absolute Gasteiger partial charge is 0.489 e. The van der Waals surface area contributed by atoms with Crippen molar-refractivity contribution < 1.29 is 13.2 Å². The van der Waals surface area contributed by atoms with Crippen LogP contribution in [-0.4, -0.2) is 31.3 Å². The maximum atomic E-state index is 12.9. The number of aryl methyl sites for hydroxylation is 3. The summed E-state index contributed by atoms with van der Waals surface area (Å²) in [5.74, 6) is 0.603. The molecular formula is C14H17N3O3S. The Balaban J connectivity index is 2.12. The quantitative estimate of drug-likeness (QED) is 0.846. The van der Waals surface area contributed by atoms with E-state index in [1.54, 1.807) is 20.0 Å². The van der Waals surface area contributed by atoms with E-state index in [1.807, 2.05) is 19.1 Å². The van der Waals surface area contributed by atoms with E-state index >= 15 is 0 Å². The lowest BCUT2D eigenvalue weighted by Crippen LogP contribution is -2.38. The van der Waals surface area contributed by atoms with E-state index in [2.05, 4.69) is 5.10 Å². The van der Waals surface area contributed by atoms with Gasteiger partial charge in [0.2, 0.25) is 0 Å². The molecule has 0 radical (unpaired) electrons. The summed E-state index contributed by atoms with van der Waals surface area (Å²) in [6, 6.07) is 5.52. The van der Waals surface area contributed by atoms with Gasteiger partial charge < -0.3 is 4.74 Å². The Labute approximate surface area is 124 Å². The molecule has 1 aromatic heterocycles. The van der Waals surface area contributed by atoms with Gasteiger partial charge >= 0.3 is 0 Å². The first-order chi connectivity index (χ1) is 9.89. The lowest BCUT2D eigenvalue weighted by atomic mass is 10.2. The molecule has 2 aromatic rings. The highest BCUT2D eigenvalue weighted by atomic mass is 32.2. The van der Waals surface area contributed by atoms with E-state index in [1.165, 1.54) is 15.2 Å². The average molecular weight is 307 g/mol. The Bertz CT molecular complexity index is 796. The summed E-state index contributed by atoms with van der Waals surface area (Å²) in [4.78, 5) is 0.235. The topological polar surface area (TPSA) is 64.4 Å². The standard InChI is InChI=1S/C14H17N3O3S/c1-10-4-5-12-13(8-10)20-7-6-17(12)21(18,19)14-9-16(3)15-11(14)2/h4-5,8-9H,6-7H2,1-3H3. The summed E-state index contributed by atoms with van der Waals surface area (Å²) < 4.78 is 34.3. The Morgan fingerprint density at radius 3 is 2.71 bits per heavy atom. The first-order valence-corrected chi connectivity index (χ1v) is 8.10. The Morgan fingerprint density at radius 1 is 1.29 bits per heavy atom. The fourth-order valence-corrected chi connectivity index (χ4v) is 4.16. The number of nitrogens with zero attached hydrogens (tertiary/aromatic N) is 3. The molecule has 2 heterocycles. The van der Waals surface area contributed by atoms with Crippen LogP contribution in [-0.2, 0) is 17.1 Å². The van der Waals surface area contributed by atoms with Crippen molar-refractivity contribution in [3.05, 3.63) is 35.7 Å². The monoisotopic (exact) mass is 307 g/mol. The maximum absolute atomic E-state index is 12.9. The predicted molar refractivity (Wildman–Crippen MR) is 79.2 cm³/mol. The van der Waals surface area contributed by atoms with Crippen molar-refractivity contribution in [2.45, 2.75) is 18.7 Å². The molecular weight excluding hydrogens is 290 g/mol. The molecule has 3 rings (SSSR count). The van der Waals surface area contributed by atoms with Crippen LogP contribution >= 0.6 is 0 Å². The van der Waals surface area contributed by atoms with Gasteiger partial charge in [-0.05, 0) is 31.5 Å². The van der Waals surface area contributed by atoms with Gasteiger partial charge in [0.15, 0.2) is 0 Å². The highest BCUT2D eigenvalue weighted by Gasteiger charge is 2.32. The van der Waals surface area contributed by atoms with Crippen LogP contribution in [0.15, 0.2) is 29.3 Å². The molecule has 0 saturated heterocycles. The number of hydrogen-bond acceptors (Lipinski definition) is 4. The summed E-state index contributed by atoms with van der Waals surface area (Å²) in [5.41, 5.74) is 2.11. The Kier molecular flexibility index (Phi) is 3.16. The third-order valence-electron chi connectivity index (χ3n) is 3.47. The molecule has 1 aliphatic rings. The first kappa shape index (κ1) is 13.9. The average Bonchev–Trinajstić information content (AvgIpc) is 2.77. The number of rotatable bonds is 2. The van der Waals surface area contributed by atoms with Crippen molar-refractivity contribution in [2.75, 3.05) is 17.5 Å². The minimum Gasteiger partial charge on any atom is -0.489 e. The van der Waals surface area contributed by atoms with E-state index in [0.29, 0.717) is 30.3 Å². The van der Waals surface area contributed by atoms with Gasteiger partial charge in [-0.15, -0.1) is 0 Å². The summed E-state index contributed by atoms with van der Waals surface area (Å²) in [7, 11) is -1.92. The van der Waals surface area contributed by atoms with Crippen molar-refractivity contribution in [3.8, 4) is 5.75 Å². The zero-order valence-corrected chi connectivity index (χ0v) is 13.0. The lowest BCUT2D eigenvalue weighted by Gasteiger charge is -2.30. The lowest BCUT2D eigenvalue weighted by molar-refractivity contribution is 0.315. The van der Waals surface area contributed by atoms with E-state index in [4.69, 9.17) is 4.74 Å². The van der Waals surface area contributed by atoms with Crippen LogP contribution in [0.3, 0.4) is 0 Å². The molecule has 6 nitrogen and oxygen atoms in total. The minimum absolute atomic E-state index is 0.235. The molecule has 7 heteroatoms. The zero-order chi connectivity index (χ0) is 15.2. The number of benzene rings is 1. The molecule has 1 aromatic carbocycles. The third-order valence-corrected chi connectivity index (χ3v) is 5.39. The second-order valence-corrected chi connectivity index (χ2v) is 6.98. The molecule has 0 saturated carbocycles. The number of fused-ring (bicyclic) bond motifs is 1. The smallest absolute Gasteiger partial charge is 0.267 e. The molecule has 0 N–H and O–H groups in total. The van der Waals surface area contributed by atoms with Crippen LogP contribution in [0.1, 0.15) is 11.3 Å². The van der Waals surface area contributed by atoms with Gasteiger partial charge in [0.05, 0.1) is 17.9 Å². The molecule has 0 amide bonds. The molecule has 0 unspecified atom stereocenters. The van der Waals surface area contributed by atoms with Crippen molar-refractivity contribution in [1.82, 2.24) is 9.78 Å². The minimum atomic E-state index is -3.63. The fourth-order valence-electron chi connectivity index (χ4n) is 2.50. The predicted octanol–water partition coefficient (Wildman–Crippen LogP) is 1.62. The van der Waals surface area contributed by atoms with Crippen LogP contribution in [0.5, 0.6) is 5.75 Å². The summed E-state index contributed by atoms with van der Waals surface area (Å²) in [6.07, 6.45) is 1.54. The molecule has 0 bridgehead atoms. The van der Waals surface area contributed by atoms with Crippen molar-refractivity contribution in [3.63, 3.8) is 0 Å². The molecule has 1 aliphatic heterocycles. The number of anilines is 1.